The number of halogens is 2. The molecule has 2 fully saturated rings. The van der Waals surface area contributed by atoms with Crippen LogP contribution in [0.25, 0.3) is 21.8 Å². The number of aliphatic carboxylic acids is 1. The average Bonchev–Trinajstić information content (AvgIpc) is 1.63. The number of aromatic amines is 3. The van der Waals surface area contributed by atoms with Gasteiger partial charge in [-0.25, -0.2) is 13.8 Å². The van der Waals surface area contributed by atoms with Gasteiger partial charge in [0.25, 0.3) is 0 Å². The lowest BCUT2D eigenvalue weighted by Gasteiger charge is -2.31. The zero-order chi connectivity index (χ0) is 72.2. The molecule has 2 saturated heterocycles. The number of unbranched alkanes of at least 4 members (excludes halogenated alkanes) is 1. The van der Waals surface area contributed by atoms with Gasteiger partial charge in [-0.2, -0.15) is 0 Å². The van der Waals surface area contributed by atoms with Gasteiger partial charge < -0.3 is 94.7 Å². The second kappa shape index (κ2) is 35.3. The molecular formula is C66H81F2N17O15. The Balaban J connectivity index is 1.16. The molecule has 34 heteroatoms. The van der Waals surface area contributed by atoms with Crippen LogP contribution in [0.4, 0.5) is 8.78 Å². The van der Waals surface area contributed by atoms with Gasteiger partial charge in [0.2, 0.25) is 70.9 Å². The van der Waals surface area contributed by atoms with Crippen molar-refractivity contribution < 1.29 is 81.3 Å². The zero-order valence-corrected chi connectivity index (χ0v) is 54.5. The first-order valence-corrected chi connectivity index (χ1v) is 32.5. The number of imidazole rings is 1. The molecule has 3 aromatic carbocycles. The van der Waals surface area contributed by atoms with Crippen LogP contribution in [0.1, 0.15) is 93.5 Å². The molecule has 534 valence electrons. The molecule has 0 radical (unpaired) electrons. The SMILES string of the molecule is CC(=O)N[C@H]1CCC(=O)NCCC[C@@H](C(N)=O)NC(=O)[C@@H]2CCCN2C(=O)[C@H](Cc2ccc(O)cc2)NC(=O)[C@H](Cc2cnc[nH]2)NC(=O)[C@H](CC(=O)O)NC(=O)[C@H](Cc2c[nH]c3ccc(F)cc23)NC(=O)[C@H](Cc2c[nH]c3ccc(F)cc23)NC(=O)CNC(=O)[C@H](CCCCN)NC1=O. The molecule has 5 heterocycles. The van der Waals surface area contributed by atoms with Crippen molar-refractivity contribution in [2.24, 2.45) is 11.5 Å². The van der Waals surface area contributed by atoms with Crippen molar-refractivity contribution in [2.75, 3.05) is 26.2 Å². The molecule has 2 aliphatic rings. The Morgan fingerprint density at radius 3 is 1.80 bits per heavy atom. The number of carbonyl (C=O) groups excluding carboxylic acids is 12. The van der Waals surface area contributed by atoms with Gasteiger partial charge in [-0.1, -0.05) is 12.1 Å². The summed E-state index contributed by atoms with van der Waals surface area (Å²) >= 11 is 0. The van der Waals surface area contributed by atoms with E-state index in [9.17, 15) is 71.7 Å². The standard InChI is InChI=1S/C66H81F2N17O15/c1-34(86)77-48-17-18-55(88)72-20-4-7-46(58(70)92)79-65(99)54-8-5-21-85(54)66(100)53(22-35-9-13-41(87)14-10-35)84-63(97)51(27-40-31-71-33-76-40)82-64(98)52(28-57(90)91)83-62(96)50(24-37-30-74-45-16-12-39(68)26-43(37)45)81-61(95)49(23-36-29-73-44-15-11-38(67)25-42(36)44)78-56(89)32-75-59(93)47(80-60(48)94)6-2-3-19-69/h9-16,25-26,29-31,33,46-54,73-74,87H,2-8,17-24,27-28,32,69H2,1H3,(H2,70,92)(H,71,76)(H,72,88)(H,75,93)(H,77,86)(H,78,89)(H,79,99)(H,80,94)(H,81,95)(H,82,98)(H,83,96)(H,84,97)(H,90,91)/t46-,47-,48-,49-,50-,51-,52-,53-,54-/m0/s1. The first-order valence-electron chi connectivity index (χ1n) is 32.5. The van der Waals surface area contributed by atoms with Gasteiger partial charge in [-0.05, 0) is 123 Å². The van der Waals surface area contributed by atoms with Crippen LogP contribution in [-0.4, -0.2) is 192 Å². The van der Waals surface area contributed by atoms with Crippen LogP contribution >= 0.6 is 0 Å². The second-order valence-corrected chi connectivity index (χ2v) is 24.5. The number of nitrogens with zero attached hydrogens (tertiary/aromatic N) is 2. The number of H-pyrrole nitrogens is 3. The molecular weight excluding hydrogens is 1310 g/mol. The minimum absolute atomic E-state index is 0.0224. The molecule has 100 heavy (non-hydrogen) atoms. The van der Waals surface area contributed by atoms with E-state index in [0.717, 1.165) is 25.1 Å². The normalized spacial score (nSPS) is 22.8. The summed E-state index contributed by atoms with van der Waals surface area (Å²) in [5.41, 5.74) is 13.4. The van der Waals surface area contributed by atoms with Gasteiger partial charge in [-0.3, -0.25) is 62.3 Å². The van der Waals surface area contributed by atoms with Crippen LogP contribution in [0.15, 0.2) is 85.6 Å². The Labute approximate surface area is 570 Å². The number of nitrogens with one attached hydrogen (secondary N) is 13. The molecule has 12 amide bonds. The van der Waals surface area contributed by atoms with Crippen molar-refractivity contribution in [1.82, 2.24) is 78.0 Å². The quantitative estimate of drug-likeness (QED) is 0.0486. The van der Waals surface area contributed by atoms with Gasteiger partial charge in [0.05, 0.1) is 19.3 Å². The zero-order valence-electron chi connectivity index (χ0n) is 54.5. The van der Waals surface area contributed by atoms with E-state index in [-0.39, 0.29) is 111 Å². The summed E-state index contributed by atoms with van der Waals surface area (Å²) in [5, 5.41) is 46.4. The van der Waals surface area contributed by atoms with Crippen molar-refractivity contribution in [3.63, 3.8) is 0 Å². The van der Waals surface area contributed by atoms with E-state index in [4.69, 9.17) is 11.5 Å². The van der Waals surface area contributed by atoms with Crippen molar-refractivity contribution in [1.29, 1.82) is 0 Å². The first-order chi connectivity index (χ1) is 47.8. The predicted octanol–water partition coefficient (Wildman–Crippen LogP) is -1.59. The Morgan fingerprint density at radius 1 is 0.620 bits per heavy atom. The van der Waals surface area contributed by atoms with E-state index in [1.165, 1.54) is 72.3 Å². The van der Waals surface area contributed by atoms with Crippen LogP contribution < -0.4 is 64.6 Å². The maximum Gasteiger partial charge on any atom is 0.305 e. The fourth-order valence-electron chi connectivity index (χ4n) is 11.9. The topological polar surface area (TPSA) is 498 Å². The Hall–Kier alpha value is -11.3. The third kappa shape index (κ3) is 21.1. The molecule has 0 unspecified atom stereocenters. The molecule has 3 aromatic heterocycles. The number of fused-ring (bicyclic) bond motifs is 3. The number of carboxylic acids is 1. The Morgan fingerprint density at radius 2 is 1.21 bits per heavy atom. The highest BCUT2D eigenvalue weighted by atomic mass is 19.1. The van der Waals surface area contributed by atoms with Crippen LogP contribution in [-0.2, 0) is 88.0 Å². The Kier molecular flexibility index (Phi) is 26.3. The van der Waals surface area contributed by atoms with Crippen molar-refractivity contribution in [2.45, 2.75) is 151 Å². The van der Waals surface area contributed by atoms with Crippen LogP contribution in [0, 0.1) is 11.6 Å². The summed E-state index contributed by atoms with van der Waals surface area (Å²) in [6, 6.07) is -1.14. The smallest absolute Gasteiger partial charge is 0.305 e. The fraction of sp³-hybridized carbons (Fsp3) is 0.424. The van der Waals surface area contributed by atoms with E-state index in [1.807, 2.05) is 0 Å². The largest absolute Gasteiger partial charge is 0.508 e. The van der Waals surface area contributed by atoms with Crippen LogP contribution in [0.5, 0.6) is 5.75 Å². The molecule has 0 spiro atoms. The highest BCUT2D eigenvalue weighted by molar-refractivity contribution is 6.00. The van der Waals surface area contributed by atoms with Crippen molar-refractivity contribution in [3.05, 3.63) is 120 Å². The van der Waals surface area contributed by atoms with E-state index in [0.29, 0.717) is 23.0 Å². The summed E-state index contributed by atoms with van der Waals surface area (Å²) in [6.45, 7) is 0.367. The van der Waals surface area contributed by atoms with E-state index in [1.54, 1.807) is 0 Å². The third-order valence-electron chi connectivity index (χ3n) is 17.1. The molecule has 0 aliphatic carbocycles. The van der Waals surface area contributed by atoms with Gasteiger partial charge in [0.1, 0.15) is 71.8 Å². The number of phenolic OH excluding ortho intramolecular Hbond substituents is 1. The Bertz CT molecular complexity index is 3980. The van der Waals surface area contributed by atoms with Gasteiger partial charge in [0.15, 0.2) is 0 Å². The number of aromatic hydroxyl groups is 1. The molecule has 0 saturated carbocycles. The monoisotopic (exact) mass is 1390 g/mol. The summed E-state index contributed by atoms with van der Waals surface area (Å²) in [7, 11) is 0. The van der Waals surface area contributed by atoms with Gasteiger partial charge in [-0.15, -0.1) is 0 Å². The lowest BCUT2D eigenvalue weighted by Crippen LogP contribution is -2.61. The fourth-order valence-corrected chi connectivity index (χ4v) is 11.9. The summed E-state index contributed by atoms with van der Waals surface area (Å²) in [5.74, 6) is -14.4. The summed E-state index contributed by atoms with van der Waals surface area (Å²) in [4.78, 5) is 196. The number of carboxylic acid groups (broad SMARTS) is 1. The molecule has 32 nitrogen and oxygen atoms in total. The number of carbonyl (C=O) groups is 13. The number of aromatic nitrogens is 4. The molecule has 9 atom stereocenters. The predicted molar refractivity (Wildman–Crippen MR) is 353 cm³/mol. The lowest BCUT2D eigenvalue weighted by atomic mass is 10.0. The number of rotatable bonds is 16. The van der Waals surface area contributed by atoms with Gasteiger partial charge in [0, 0.05) is 98.2 Å². The number of primary amides is 1. The van der Waals surface area contributed by atoms with Crippen LogP contribution in [0.3, 0.4) is 0 Å². The van der Waals surface area contributed by atoms with Crippen molar-refractivity contribution in [3.8, 4) is 5.75 Å². The number of amides is 12. The minimum Gasteiger partial charge on any atom is -0.508 e. The van der Waals surface area contributed by atoms with E-state index < -0.39 is 175 Å². The van der Waals surface area contributed by atoms with Crippen molar-refractivity contribution >= 4 is 98.7 Å². The maximum absolute atomic E-state index is 15.0. The van der Waals surface area contributed by atoms with Gasteiger partial charge >= 0.3 is 5.97 Å². The second-order valence-electron chi connectivity index (χ2n) is 24.5. The summed E-state index contributed by atoms with van der Waals surface area (Å²) in [6.07, 6.45) is 2.94. The van der Waals surface area contributed by atoms with E-state index in [2.05, 4.69) is 73.1 Å². The number of hydrogen-bond acceptors (Lipinski definition) is 16. The molecule has 6 aromatic rings. The lowest BCUT2D eigenvalue weighted by molar-refractivity contribution is -0.143. The highest BCUT2D eigenvalue weighted by Crippen LogP contribution is 2.25. The molecule has 0 bridgehead atoms. The molecule has 19 N–H and O–H groups in total. The molecule has 8 rings (SSSR count). The first kappa shape index (κ1) is 74.5. The average molecular weight is 1390 g/mol. The summed E-state index contributed by atoms with van der Waals surface area (Å²) < 4.78 is 29.8. The number of nitrogens with two attached hydrogens (primary N) is 2. The third-order valence-corrected chi connectivity index (χ3v) is 17.1. The molecule has 2 aliphatic heterocycles. The number of benzene rings is 3. The minimum atomic E-state index is -2.07. The number of phenols is 1. The van der Waals surface area contributed by atoms with E-state index >= 15 is 9.59 Å². The maximum atomic E-state index is 15.0. The number of hydrogen-bond donors (Lipinski definition) is 17. The highest BCUT2D eigenvalue weighted by Gasteiger charge is 2.41. The van der Waals surface area contributed by atoms with Crippen LogP contribution in [0.2, 0.25) is 0 Å².